The first-order chi connectivity index (χ1) is 5.29. The van der Waals surface area contributed by atoms with Crippen molar-refractivity contribution in [2.75, 3.05) is 6.61 Å². The molecule has 1 heterocycles. The Morgan fingerprint density at radius 3 is 2.91 bits per heavy atom. The van der Waals surface area contributed by atoms with E-state index in [1.54, 1.807) is 4.68 Å². The average Bonchev–Trinajstić information content (AvgIpc) is 2.34. The number of aryl methyl sites for hydroxylation is 1. The maximum atomic E-state index is 5.74. The summed E-state index contributed by atoms with van der Waals surface area (Å²) < 4.78 is 6.91. The Bertz CT molecular complexity index is 234. The molecule has 0 bridgehead atoms. The Morgan fingerprint density at radius 2 is 2.36 bits per heavy atom. The Labute approximate surface area is 70.9 Å². The third-order valence-corrected chi connectivity index (χ3v) is 1.52. The third-order valence-electron chi connectivity index (χ3n) is 1.27. The molecule has 0 saturated carbocycles. The molecule has 0 aliphatic rings. The fourth-order valence-electron chi connectivity index (χ4n) is 0.800. The summed E-state index contributed by atoms with van der Waals surface area (Å²) in [4.78, 5) is 0. The molecule has 0 spiro atoms. The summed E-state index contributed by atoms with van der Waals surface area (Å²) in [6, 6.07) is 0. The van der Waals surface area contributed by atoms with Crippen LogP contribution in [0.15, 0.2) is 0 Å². The Kier molecular flexibility index (Phi) is 2.76. The SMILES string of the molecule is CCOc1c(Cl)[c]nn1CC. The predicted octanol–water partition coefficient (Wildman–Crippen LogP) is 1.76. The van der Waals surface area contributed by atoms with Gasteiger partial charge in [0.15, 0.2) is 0 Å². The molecule has 0 unspecified atom stereocenters. The van der Waals surface area contributed by atoms with Crippen LogP contribution >= 0.6 is 11.6 Å². The zero-order chi connectivity index (χ0) is 8.27. The van der Waals surface area contributed by atoms with Crippen molar-refractivity contribution in [1.29, 1.82) is 0 Å². The van der Waals surface area contributed by atoms with E-state index in [0.717, 1.165) is 6.54 Å². The van der Waals surface area contributed by atoms with Crippen molar-refractivity contribution in [3.05, 3.63) is 11.2 Å². The molecule has 0 aliphatic carbocycles. The lowest BCUT2D eigenvalue weighted by Crippen LogP contribution is -2.02. The van der Waals surface area contributed by atoms with Crippen LogP contribution < -0.4 is 4.74 Å². The highest BCUT2D eigenvalue weighted by Crippen LogP contribution is 2.22. The van der Waals surface area contributed by atoms with Crippen LogP contribution in [0.2, 0.25) is 5.02 Å². The normalized spacial score (nSPS) is 10.1. The highest BCUT2D eigenvalue weighted by molar-refractivity contribution is 6.31. The first-order valence-corrected chi connectivity index (χ1v) is 3.94. The second-order valence-electron chi connectivity index (χ2n) is 1.98. The fourth-order valence-corrected chi connectivity index (χ4v) is 0.990. The van der Waals surface area contributed by atoms with Gasteiger partial charge < -0.3 is 4.74 Å². The number of aromatic nitrogens is 2. The number of ether oxygens (including phenoxy) is 1. The number of halogens is 1. The van der Waals surface area contributed by atoms with Gasteiger partial charge in [0.05, 0.1) is 6.61 Å². The van der Waals surface area contributed by atoms with Gasteiger partial charge in [-0.2, -0.15) is 5.10 Å². The largest absolute Gasteiger partial charge is 0.477 e. The Hall–Kier alpha value is -0.700. The number of hydrogen-bond donors (Lipinski definition) is 0. The van der Waals surface area contributed by atoms with E-state index in [4.69, 9.17) is 16.3 Å². The van der Waals surface area contributed by atoms with Crippen molar-refractivity contribution in [3.63, 3.8) is 0 Å². The van der Waals surface area contributed by atoms with Gasteiger partial charge in [0, 0.05) is 6.54 Å². The van der Waals surface area contributed by atoms with Crippen molar-refractivity contribution in [2.45, 2.75) is 20.4 Å². The van der Waals surface area contributed by atoms with E-state index in [1.165, 1.54) is 0 Å². The van der Waals surface area contributed by atoms with Gasteiger partial charge in [-0.05, 0) is 13.8 Å². The first kappa shape index (κ1) is 8.40. The first-order valence-electron chi connectivity index (χ1n) is 3.56. The molecule has 0 saturated heterocycles. The van der Waals surface area contributed by atoms with Gasteiger partial charge >= 0.3 is 0 Å². The van der Waals surface area contributed by atoms with Gasteiger partial charge in [-0.25, -0.2) is 4.68 Å². The lowest BCUT2D eigenvalue weighted by molar-refractivity contribution is 0.303. The summed E-state index contributed by atoms with van der Waals surface area (Å²) in [5.41, 5.74) is 0. The number of rotatable bonds is 3. The van der Waals surface area contributed by atoms with Crippen LogP contribution in [0.1, 0.15) is 13.8 Å². The maximum Gasteiger partial charge on any atom is 0.231 e. The average molecular weight is 174 g/mol. The molecular formula is C7H10ClN2O. The quantitative estimate of drug-likeness (QED) is 0.697. The molecule has 0 amide bonds. The smallest absolute Gasteiger partial charge is 0.231 e. The van der Waals surface area contributed by atoms with Crippen molar-refractivity contribution >= 4 is 11.6 Å². The zero-order valence-corrected chi connectivity index (χ0v) is 7.35. The van der Waals surface area contributed by atoms with Crippen LogP contribution in [0, 0.1) is 6.20 Å². The van der Waals surface area contributed by atoms with E-state index in [-0.39, 0.29) is 0 Å². The second-order valence-corrected chi connectivity index (χ2v) is 2.36. The highest BCUT2D eigenvalue weighted by Gasteiger charge is 2.07. The molecule has 3 nitrogen and oxygen atoms in total. The summed E-state index contributed by atoms with van der Waals surface area (Å²) in [6.07, 6.45) is 2.63. The second kappa shape index (κ2) is 3.62. The van der Waals surface area contributed by atoms with Gasteiger partial charge in [-0.15, -0.1) is 0 Å². The van der Waals surface area contributed by atoms with Gasteiger partial charge in [0.25, 0.3) is 0 Å². The summed E-state index contributed by atoms with van der Waals surface area (Å²) in [7, 11) is 0. The molecule has 1 aromatic heterocycles. The van der Waals surface area contributed by atoms with Crippen molar-refractivity contribution in [1.82, 2.24) is 9.78 Å². The van der Waals surface area contributed by atoms with Gasteiger partial charge in [0.2, 0.25) is 5.88 Å². The standard InChI is InChI=1S/C7H10ClN2O/c1-3-10-7(11-4-2)6(8)5-9-10/h3-4H2,1-2H3. The van der Waals surface area contributed by atoms with E-state index in [1.807, 2.05) is 13.8 Å². The van der Waals surface area contributed by atoms with E-state index >= 15 is 0 Å². The van der Waals surface area contributed by atoms with Crippen LogP contribution in [-0.4, -0.2) is 16.4 Å². The minimum atomic E-state index is 0.453. The molecule has 0 fully saturated rings. The maximum absolute atomic E-state index is 5.74. The Morgan fingerprint density at radius 1 is 1.64 bits per heavy atom. The van der Waals surface area contributed by atoms with Crippen molar-refractivity contribution < 1.29 is 4.74 Å². The summed E-state index contributed by atoms with van der Waals surface area (Å²) in [6.45, 7) is 5.22. The molecule has 11 heavy (non-hydrogen) atoms. The topological polar surface area (TPSA) is 27.1 Å². The minimum Gasteiger partial charge on any atom is -0.477 e. The molecular weight excluding hydrogens is 164 g/mol. The van der Waals surface area contributed by atoms with E-state index in [0.29, 0.717) is 17.5 Å². The summed E-state index contributed by atoms with van der Waals surface area (Å²) in [5.74, 6) is 0.608. The molecule has 0 aromatic carbocycles. The third kappa shape index (κ3) is 1.66. The minimum absolute atomic E-state index is 0.453. The fraction of sp³-hybridized carbons (Fsp3) is 0.571. The molecule has 0 atom stereocenters. The lowest BCUT2D eigenvalue weighted by Gasteiger charge is -2.04. The van der Waals surface area contributed by atoms with Crippen LogP contribution in [-0.2, 0) is 6.54 Å². The zero-order valence-electron chi connectivity index (χ0n) is 6.59. The lowest BCUT2D eigenvalue weighted by atomic mass is 10.6. The van der Waals surface area contributed by atoms with Crippen LogP contribution in [0.5, 0.6) is 5.88 Å². The van der Waals surface area contributed by atoms with Gasteiger partial charge in [0.1, 0.15) is 11.2 Å². The van der Waals surface area contributed by atoms with E-state index in [9.17, 15) is 0 Å². The number of nitrogens with zero attached hydrogens (tertiary/aromatic N) is 2. The number of hydrogen-bond acceptors (Lipinski definition) is 2. The van der Waals surface area contributed by atoms with Crippen molar-refractivity contribution in [3.8, 4) is 5.88 Å². The van der Waals surface area contributed by atoms with Crippen molar-refractivity contribution in [2.24, 2.45) is 0 Å². The molecule has 1 aromatic rings. The van der Waals surface area contributed by atoms with Crippen LogP contribution in [0.4, 0.5) is 0 Å². The van der Waals surface area contributed by atoms with Crippen LogP contribution in [0.3, 0.4) is 0 Å². The monoisotopic (exact) mass is 173 g/mol. The Balaban J connectivity index is 2.88. The molecule has 0 N–H and O–H groups in total. The van der Waals surface area contributed by atoms with E-state index in [2.05, 4.69) is 11.3 Å². The predicted molar refractivity (Wildman–Crippen MR) is 42.9 cm³/mol. The molecule has 1 rings (SSSR count). The summed E-state index contributed by atoms with van der Waals surface area (Å²) in [5, 5.41) is 4.34. The molecule has 0 aliphatic heterocycles. The van der Waals surface area contributed by atoms with E-state index < -0.39 is 0 Å². The highest BCUT2D eigenvalue weighted by atomic mass is 35.5. The summed E-state index contributed by atoms with van der Waals surface area (Å²) >= 11 is 5.74. The van der Waals surface area contributed by atoms with Crippen LogP contribution in [0.25, 0.3) is 0 Å². The molecule has 1 radical (unpaired) electrons. The van der Waals surface area contributed by atoms with Gasteiger partial charge in [-0.3, -0.25) is 0 Å². The molecule has 4 heteroatoms. The van der Waals surface area contributed by atoms with Gasteiger partial charge in [-0.1, -0.05) is 11.6 Å². The molecule has 61 valence electrons.